The zero-order valence-corrected chi connectivity index (χ0v) is 21.0. The maximum absolute atomic E-state index is 13.3. The first kappa shape index (κ1) is 27.0. The molecule has 1 amide bonds. The molecule has 9 nitrogen and oxygen atoms in total. The van der Waals surface area contributed by atoms with Crippen molar-refractivity contribution in [3.63, 3.8) is 0 Å². The van der Waals surface area contributed by atoms with Crippen LogP contribution in [0.1, 0.15) is 45.4 Å². The SMILES string of the molecule is COC(=O)N1[C@H](C)C[C@H](NS(=O)(=O)CC(F)(F)F)[C@@H]1CO[C@H]1CC[C@@]2(c3ncc(F)cn3)C(C)C2C1. The van der Waals surface area contributed by atoms with Crippen LogP contribution in [-0.2, 0) is 24.9 Å². The van der Waals surface area contributed by atoms with E-state index in [2.05, 4.69) is 21.6 Å². The fraction of sp³-hybridized carbons (Fsp3) is 0.773. The molecule has 0 bridgehead atoms. The average molecular weight is 539 g/mol. The van der Waals surface area contributed by atoms with Crippen molar-refractivity contribution in [2.45, 2.75) is 75.4 Å². The highest BCUT2D eigenvalue weighted by Gasteiger charge is 2.66. The van der Waals surface area contributed by atoms with Crippen LogP contribution in [-0.4, -0.2) is 79.3 Å². The van der Waals surface area contributed by atoms with E-state index in [1.165, 1.54) is 12.0 Å². The maximum Gasteiger partial charge on any atom is 0.410 e. The quantitative estimate of drug-likeness (QED) is 0.532. The number of nitrogens with one attached hydrogen (secondary N) is 1. The van der Waals surface area contributed by atoms with Crippen molar-refractivity contribution in [2.75, 3.05) is 19.5 Å². The Morgan fingerprint density at radius 3 is 2.50 bits per heavy atom. The summed E-state index contributed by atoms with van der Waals surface area (Å²) in [5, 5.41) is 0. The van der Waals surface area contributed by atoms with Gasteiger partial charge in [0.2, 0.25) is 10.0 Å². The van der Waals surface area contributed by atoms with Crippen molar-refractivity contribution in [3.8, 4) is 0 Å². The van der Waals surface area contributed by atoms with Gasteiger partial charge in [0.15, 0.2) is 11.6 Å². The minimum absolute atomic E-state index is 0.0650. The minimum Gasteiger partial charge on any atom is -0.453 e. The number of hydrogen-bond acceptors (Lipinski definition) is 7. The predicted molar refractivity (Wildman–Crippen MR) is 119 cm³/mol. The number of amides is 1. The van der Waals surface area contributed by atoms with Crippen molar-refractivity contribution in [3.05, 3.63) is 24.0 Å². The van der Waals surface area contributed by atoms with Crippen molar-refractivity contribution in [1.82, 2.24) is 19.6 Å². The molecule has 7 atom stereocenters. The second kappa shape index (κ2) is 9.67. The highest BCUT2D eigenvalue weighted by Crippen LogP contribution is 2.66. The molecule has 1 aromatic heterocycles. The molecule has 0 radical (unpaired) electrons. The minimum atomic E-state index is -4.89. The highest BCUT2D eigenvalue weighted by atomic mass is 32.2. The number of nitrogens with zero attached hydrogens (tertiary/aromatic N) is 3. The van der Waals surface area contributed by atoms with Gasteiger partial charge in [-0.2, -0.15) is 13.2 Å². The Kier molecular flexibility index (Phi) is 7.25. The second-order valence-electron chi connectivity index (χ2n) is 10.0. The third kappa shape index (κ3) is 5.30. The van der Waals surface area contributed by atoms with Gasteiger partial charge in [-0.05, 0) is 44.4 Å². The van der Waals surface area contributed by atoms with E-state index in [4.69, 9.17) is 9.47 Å². The first-order valence-electron chi connectivity index (χ1n) is 11.8. The van der Waals surface area contributed by atoms with E-state index in [9.17, 15) is 30.8 Å². The summed E-state index contributed by atoms with van der Waals surface area (Å²) < 4.78 is 88.8. The number of aromatic nitrogens is 2. The average Bonchev–Trinajstić information content (AvgIpc) is 3.25. The fourth-order valence-electron chi connectivity index (χ4n) is 6.16. The van der Waals surface area contributed by atoms with E-state index in [0.29, 0.717) is 18.7 Å². The summed E-state index contributed by atoms with van der Waals surface area (Å²) in [4.78, 5) is 22.1. The van der Waals surface area contributed by atoms with Gasteiger partial charge >= 0.3 is 12.3 Å². The summed E-state index contributed by atoms with van der Waals surface area (Å²) in [5.41, 5.74) is -0.233. The van der Waals surface area contributed by atoms with Gasteiger partial charge in [-0.3, -0.25) is 4.90 Å². The Morgan fingerprint density at radius 2 is 1.92 bits per heavy atom. The monoisotopic (exact) mass is 538 g/mol. The standard InChI is InChI=1S/C22H30F4N4O5S/c1-12-6-17(29-36(32,33)11-22(24,25)26)18(30(12)20(31)34-3)10-35-15-4-5-21(13(2)16(21)7-15)19-27-8-14(23)9-28-19/h8-9,12-13,15-18,29H,4-7,10-11H2,1-3H3/t12-,13?,15+,16?,17+,18+,21-/m1/s1. The number of likely N-dealkylation sites (tertiary alicyclic amines) is 1. The fourth-order valence-corrected chi connectivity index (χ4v) is 7.39. The summed E-state index contributed by atoms with van der Waals surface area (Å²) in [6, 6.07) is -2.26. The number of halogens is 4. The molecule has 0 aromatic carbocycles. The number of alkyl halides is 3. The van der Waals surface area contributed by atoms with Crippen LogP contribution in [0.2, 0.25) is 0 Å². The number of rotatable bonds is 7. The highest BCUT2D eigenvalue weighted by molar-refractivity contribution is 7.89. The lowest BCUT2D eigenvalue weighted by atomic mass is 9.85. The Bertz CT molecular complexity index is 1070. The maximum atomic E-state index is 13.3. The third-order valence-corrected chi connectivity index (χ3v) is 9.24. The van der Waals surface area contributed by atoms with Crippen LogP contribution in [0, 0.1) is 17.7 Å². The summed E-state index contributed by atoms with van der Waals surface area (Å²) in [6.07, 6.45) is -1.33. The molecule has 36 heavy (non-hydrogen) atoms. The Labute approximate surface area is 207 Å². The number of ether oxygens (including phenoxy) is 2. The van der Waals surface area contributed by atoms with Gasteiger partial charge in [0, 0.05) is 17.5 Å². The lowest BCUT2D eigenvalue weighted by Gasteiger charge is -2.32. The Morgan fingerprint density at radius 1 is 1.25 bits per heavy atom. The van der Waals surface area contributed by atoms with Crippen LogP contribution in [0.3, 0.4) is 0 Å². The molecule has 3 fully saturated rings. The molecule has 3 aliphatic rings. The van der Waals surface area contributed by atoms with Crippen molar-refractivity contribution >= 4 is 16.1 Å². The van der Waals surface area contributed by atoms with Crippen LogP contribution in [0.15, 0.2) is 12.4 Å². The molecule has 1 aliphatic heterocycles. The molecule has 1 saturated heterocycles. The van der Waals surface area contributed by atoms with Crippen molar-refractivity contribution < 1.29 is 40.2 Å². The van der Waals surface area contributed by atoms with Crippen LogP contribution >= 0.6 is 0 Å². The predicted octanol–water partition coefficient (Wildman–Crippen LogP) is 2.77. The molecule has 14 heteroatoms. The molecular formula is C22H30F4N4O5S. The third-order valence-electron chi connectivity index (χ3n) is 7.87. The molecule has 2 heterocycles. The van der Waals surface area contributed by atoms with Gasteiger partial charge in [0.25, 0.3) is 0 Å². The zero-order chi connectivity index (χ0) is 26.5. The molecule has 1 aromatic rings. The van der Waals surface area contributed by atoms with Gasteiger partial charge in [0.1, 0.15) is 5.82 Å². The number of carbonyl (C=O) groups excluding carboxylic acids is 1. The molecule has 202 valence electrons. The summed E-state index contributed by atoms with van der Waals surface area (Å²) in [6.45, 7) is 3.69. The second-order valence-corrected chi connectivity index (χ2v) is 11.8. The molecule has 4 rings (SSSR count). The Hall–Kier alpha value is -2.06. The van der Waals surface area contributed by atoms with Crippen LogP contribution < -0.4 is 4.72 Å². The van der Waals surface area contributed by atoms with Gasteiger partial charge in [-0.15, -0.1) is 0 Å². The van der Waals surface area contributed by atoms with Gasteiger partial charge in [-0.25, -0.2) is 32.3 Å². The van der Waals surface area contributed by atoms with E-state index >= 15 is 0 Å². The molecule has 2 aliphatic carbocycles. The number of hydrogen-bond donors (Lipinski definition) is 1. The van der Waals surface area contributed by atoms with Crippen molar-refractivity contribution in [1.29, 1.82) is 0 Å². The summed E-state index contributed by atoms with van der Waals surface area (Å²) in [5.74, 6) is -1.40. The Balaban J connectivity index is 1.43. The van der Waals surface area contributed by atoms with E-state index < -0.39 is 52.0 Å². The summed E-state index contributed by atoms with van der Waals surface area (Å²) in [7, 11) is -3.50. The number of methoxy groups -OCH3 is 1. The smallest absolute Gasteiger partial charge is 0.410 e. The number of carbonyl (C=O) groups is 1. The number of sulfonamides is 1. The molecular weight excluding hydrogens is 508 g/mol. The zero-order valence-electron chi connectivity index (χ0n) is 20.2. The first-order chi connectivity index (χ1) is 16.8. The van der Waals surface area contributed by atoms with Gasteiger partial charge in [0.05, 0.1) is 38.3 Å². The molecule has 2 saturated carbocycles. The van der Waals surface area contributed by atoms with Gasteiger partial charge < -0.3 is 9.47 Å². The van der Waals surface area contributed by atoms with E-state index in [1.54, 1.807) is 6.92 Å². The lowest BCUT2D eigenvalue weighted by molar-refractivity contribution is -0.106. The van der Waals surface area contributed by atoms with E-state index in [-0.39, 0.29) is 36.4 Å². The lowest BCUT2D eigenvalue weighted by Crippen LogP contribution is -2.51. The first-order valence-corrected chi connectivity index (χ1v) is 13.5. The number of fused-ring (bicyclic) bond motifs is 1. The molecule has 0 spiro atoms. The molecule has 1 N–H and O–H groups in total. The topological polar surface area (TPSA) is 111 Å². The van der Waals surface area contributed by atoms with Crippen LogP contribution in [0.25, 0.3) is 0 Å². The van der Waals surface area contributed by atoms with Crippen molar-refractivity contribution in [2.24, 2.45) is 11.8 Å². The molecule has 2 unspecified atom stereocenters. The van der Waals surface area contributed by atoms with E-state index in [0.717, 1.165) is 18.8 Å². The largest absolute Gasteiger partial charge is 0.453 e. The van der Waals surface area contributed by atoms with Crippen LogP contribution in [0.5, 0.6) is 0 Å². The van der Waals surface area contributed by atoms with E-state index in [1.807, 2.05) is 0 Å². The van der Waals surface area contributed by atoms with Gasteiger partial charge in [-0.1, -0.05) is 6.92 Å². The summed E-state index contributed by atoms with van der Waals surface area (Å²) >= 11 is 0. The normalized spacial score (nSPS) is 34.4. The van der Waals surface area contributed by atoms with Crippen LogP contribution in [0.4, 0.5) is 22.4 Å².